The van der Waals surface area contributed by atoms with Gasteiger partial charge in [-0.15, -0.1) is 0 Å². The maximum absolute atomic E-state index is 13.3. The van der Waals surface area contributed by atoms with Crippen molar-refractivity contribution in [3.8, 4) is 5.69 Å². The lowest BCUT2D eigenvalue weighted by Crippen LogP contribution is -2.37. The van der Waals surface area contributed by atoms with Crippen LogP contribution in [0.3, 0.4) is 0 Å². The van der Waals surface area contributed by atoms with Crippen LogP contribution >= 0.6 is 0 Å². The van der Waals surface area contributed by atoms with E-state index in [1.807, 2.05) is 0 Å². The molecule has 1 fully saturated rings. The minimum atomic E-state index is -0.299. The lowest BCUT2D eigenvalue weighted by Gasteiger charge is -2.14. The molecule has 7 heteroatoms. The normalized spacial score (nSPS) is 16.4. The van der Waals surface area contributed by atoms with Crippen LogP contribution in [-0.4, -0.2) is 34.7 Å². The summed E-state index contributed by atoms with van der Waals surface area (Å²) in [7, 11) is 0. The standard InChI is InChI=1S/C22H27FN4O2/c23-16-9-11-17(12-10-16)27-19-8-4-3-7-18(19)20(26-27)22(29)25-14-13-24-21(28)15-5-1-2-6-15/h9-12,15H,1-8,13-14H2,(H,24,28)(H,25,29). The van der Waals surface area contributed by atoms with Gasteiger partial charge in [-0.3, -0.25) is 9.59 Å². The van der Waals surface area contributed by atoms with Gasteiger partial charge in [-0.1, -0.05) is 12.8 Å². The Hall–Kier alpha value is -2.70. The highest BCUT2D eigenvalue weighted by Gasteiger charge is 2.26. The predicted molar refractivity (Wildman–Crippen MR) is 107 cm³/mol. The zero-order valence-corrected chi connectivity index (χ0v) is 16.5. The fourth-order valence-electron chi connectivity index (χ4n) is 4.36. The molecule has 6 nitrogen and oxygen atoms in total. The van der Waals surface area contributed by atoms with Crippen LogP contribution in [0, 0.1) is 11.7 Å². The van der Waals surface area contributed by atoms with Gasteiger partial charge in [-0.25, -0.2) is 9.07 Å². The van der Waals surface area contributed by atoms with E-state index in [1.54, 1.807) is 16.8 Å². The largest absolute Gasteiger partial charge is 0.354 e. The number of nitrogens with one attached hydrogen (secondary N) is 2. The minimum absolute atomic E-state index is 0.0923. The number of rotatable bonds is 6. The van der Waals surface area contributed by atoms with Gasteiger partial charge in [-0.2, -0.15) is 5.10 Å². The van der Waals surface area contributed by atoms with Crippen molar-refractivity contribution in [1.29, 1.82) is 0 Å². The highest BCUT2D eigenvalue weighted by molar-refractivity contribution is 5.94. The van der Waals surface area contributed by atoms with Crippen molar-refractivity contribution in [3.63, 3.8) is 0 Å². The van der Waals surface area contributed by atoms with E-state index in [1.165, 1.54) is 12.1 Å². The van der Waals surface area contributed by atoms with E-state index in [-0.39, 0.29) is 23.5 Å². The Balaban J connectivity index is 1.41. The fourth-order valence-corrected chi connectivity index (χ4v) is 4.36. The summed E-state index contributed by atoms with van der Waals surface area (Å²) in [6.45, 7) is 0.789. The van der Waals surface area contributed by atoms with Crippen molar-refractivity contribution in [2.75, 3.05) is 13.1 Å². The first-order chi connectivity index (χ1) is 14.1. The van der Waals surface area contributed by atoms with E-state index >= 15 is 0 Å². The summed E-state index contributed by atoms with van der Waals surface area (Å²) in [6.07, 6.45) is 7.92. The van der Waals surface area contributed by atoms with Gasteiger partial charge in [0.05, 0.1) is 5.69 Å². The van der Waals surface area contributed by atoms with Crippen molar-refractivity contribution < 1.29 is 14.0 Å². The number of amides is 2. The molecule has 0 saturated heterocycles. The van der Waals surface area contributed by atoms with Gasteiger partial charge in [-0.05, 0) is 62.8 Å². The molecule has 0 radical (unpaired) electrons. The average Bonchev–Trinajstić information content (AvgIpc) is 3.40. The molecule has 2 aromatic rings. The van der Waals surface area contributed by atoms with E-state index < -0.39 is 0 Å². The predicted octanol–water partition coefficient (Wildman–Crippen LogP) is 2.93. The zero-order chi connectivity index (χ0) is 20.2. The van der Waals surface area contributed by atoms with Gasteiger partial charge in [0.2, 0.25) is 5.91 Å². The molecular weight excluding hydrogens is 371 g/mol. The molecule has 4 rings (SSSR count). The quantitative estimate of drug-likeness (QED) is 0.735. The van der Waals surface area contributed by atoms with Gasteiger partial charge in [0, 0.05) is 30.3 Å². The van der Waals surface area contributed by atoms with Crippen LogP contribution in [0.25, 0.3) is 5.69 Å². The molecule has 154 valence electrons. The van der Waals surface area contributed by atoms with Crippen molar-refractivity contribution in [2.24, 2.45) is 5.92 Å². The molecule has 29 heavy (non-hydrogen) atoms. The number of hydrogen-bond donors (Lipinski definition) is 2. The van der Waals surface area contributed by atoms with Crippen LogP contribution in [0.5, 0.6) is 0 Å². The van der Waals surface area contributed by atoms with Crippen LogP contribution in [0.4, 0.5) is 4.39 Å². The minimum Gasteiger partial charge on any atom is -0.354 e. The second-order valence-electron chi connectivity index (χ2n) is 7.90. The lowest BCUT2D eigenvalue weighted by molar-refractivity contribution is -0.124. The highest BCUT2D eigenvalue weighted by Crippen LogP contribution is 2.27. The third-order valence-electron chi connectivity index (χ3n) is 5.90. The van der Waals surface area contributed by atoms with Gasteiger partial charge < -0.3 is 10.6 Å². The highest BCUT2D eigenvalue weighted by atomic mass is 19.1. The third-order valence-corrected chi connectivity index (χ3v) is 5.90. The number of fused-ring (bicyclic) bond motifs is 1. The molecule has 0 aliphatic heterocycles. The van der Waals surface area contributed by atoms with Crippen LogP contribution in [-0.2, 0) is 17.6 Å². The smallest absolute Gasteiger partial charge is 0.272 e. The summed E-state index contributed by atoms with van der Waals surface area (Å²) in [5.41, 5.74) is 3.20. The van der Waals surface area contributed by atoms with Gasteiger partial charge in [0.15, 0.2) is 5.69 Å². The number of carbonyl (C=O) groups excluding carboxylic acids is 2. The third kappa shape index (κ3) is 4.33. The van der Waals surface area contributed by atoms with E-state index in [0.29, 0.717) is 18.8 Å². The van der Waals surface area contributed by atoms with E-state index in [9.17, 15) is 14.0 Å². The number of halogens is 1. The summed E-state index contributed by atoms with van der Waals surface area (Å²) in [4.78, 5) is 24.8. The Labute approximate surface area is 169 Å². The van der Waals surface area contributed by atoms with E-state index in [0.717, 1.165) is 68.3 Å². The first-order valence-electron chi connectivity index (χ1n) is 10.6. The van der Waals surface area contributed by atoms with Crippen LogP contribution in [0.1, 0.15) is 60.3 Å². The molecule has 1 heterocycles. The number of aromatic nitrogens is 2. The summed E-state index contributed by atoms with van der Waals surface area (Å²) in [5, 5.41) is 10.4. The maximum Gasteiger partial charge on any atom is 0.272 e. The van der Waals surface area contributed by atoms with Crippen LogP contribution in [0.15, 0.2) is 24.3 Å². The number of benzene rings is 1. The van der Waals surface area contributed by atoms with Gasteiger partial charge >= 0.3 is 0 Å². The van der Waals surface area contributed by atoms with Crippen molar-refractivity contribution >= 4 is 11.8 Å². The Morgan fingerprint density at radius 2 is 1.69 bits per heavy atom. The molecule has 1 saturated carbocycles. The molecule has 1 aromatic heterocycles. The number of nitrogens with zero attached hydrogens (tertiary/aromatic N) is 2. The Kier molecular flexibility index (Phi) is 5.92. The summed E-state index contributed by atoms with van der Waals surface area (Å²) in [5.74, 6) is -0.301. The molecule has 0 spiro atoms. The molecule has 0 atom stereocenters. The molecule has 1 aromatic carbocycles. The first-order valence-corrected chi connectivity index (χ1v) is 10.6. The van der Waals surface area contributed by atoms with Crippen molar-refractivity contribution in [1.82, 2.24) is 20.4 Å². The van der Waals surface area contributed by atoms with Crippen molar-refractivity contribution in [3.05, 3.63) is 47.0 Å². The fraction of sp³-hybridized carbons (Fsp3) is 0.500. The topological polar surface area (TPSA) is 76.0 Å². The van der Waals surface area contributed by atoms with Gasteiger partial charge in [0.1, 0.15) is 5.82 Å². The van der Waals surface area contributed by atoms with Crippen LogP contribution in [0.2, 0.25) is 0 Å². The molecule has 2 aliphatic rings. The number of hydrogen-bond acceptors (Lipinski definition) is 3. The second kappa shape index (κ2) is 8.76. The summed E-state index contributed by atoms with van der Waals surface area (Å²) < 4.78 is 15.0. The summed E-state index contributed by atoms with van der Waals surface area (Å²) >= 11 is 0. The van der Waals surface area contributed by atoms with E-state index in [2.05, 4.69) is 15.7 Å². The molecule has 0 bridgehead atoms. The molecule has 0 unspecified atom stereocenters. The van der Waals surface area contributed by atoms with E-state index in [4.69, 9.17) is 0 Å². The number of carbonyl (C=O) groups is 2. The van der Waals surface area contributed by atoms with Crippen molar-refractivity contribution in [2.45, 2.75) is 51.4 Å². The maximum atomic E-state index is 13.3. The molecular formula is C22H27FN4O2. The Morgan fingerprint density at radius 1 is 1.00 bits per heavy atom. The Morgan fingerprint density at radius 3 is 2.45 bits per heavy atom. The van der Waals surface area contributed by atoms with Gasteiger partial charge in [0.25, 0.3) is 5.91 Å². The second-order valence-corrected chi connectivity index (χ2v) is 7.90. The van der Waals surface area contributed by atoms with Crippen LogP contribution < -0.4 is 10.6 Å². The average molecular weight is 398 g/mol. The zero-order valence-electron chi connectivity index (χ0n) is 16.5. The molecule has 2 aliphatic carbocycles. The molecule has 2 N–H and O–H groups in total. The first kappa shape index (κ1) is 19.6. The Bertz CT molecular complexity index is 885. The summed E-state index contributed by atoms with van der Waals surface area (Å²) in [6, 6.07) is 6.16. The SMILES string of the molecule is O=C(NCCNC(=O)C1CCCC1)c1nn(-c2ccc(F)cc2)c2c1CCCC2. The monoisotopic (exact) mass is 398 g/mol. The lowest BCUT2D eigenvalue weighted by atomic mass is 9.95. The molecule has 2 amide bonds.